The molecule has 21 heavy (non-hydrogen) atoms. The van der Waals surface area contributed by atoms with Gasteiger partial charge < -0.3 is 15.2 Å². The van der Waals surface area contributed by atoms with Crippen LogP contribution in [-0.4, -0.2) is 23.1 Å². The molecular formula is C16H20N4O. The first-order valence-corrected chi connectivity index (χ1v) is 7.32. The van der Waals surface area contributed by atoms with E-state index in [1.165, 1.54) is 5.56 Å². The van der Waals surface area contributed by atoms with E-state index in [0.717, 1.165) is 37.0 Å². The van der Waals surface area contributed by atoms with E-state index in [-0.39, 0.29) is 11.5 Å². The molecule has 0 unspecified atom stereocenters. The third-order valence-electron chi connectivity index (χ3n) is 3.68. The van der Waals surface area contributed by atoms with Crippen molar-refractivity contribution in [2.24, 2.45) is 0 Å². The average Bonchev–Trinajstić information content (AvgIpc) is 2.69. The van der Waals surface area contributed by atoms with Crippen molar-refractivity contribution in [1.29, 1.82) is 0 Å². The van der Waals surface area contributed by atoms with Crippen LogP contribution in [0.2, 0.25) is 0 Å². The molecule has 2 N–H and O–H groups in total. The minimum atomic E-state index is -0.0987. The zero-order valence-electron chi connectivity index (χ0n) is 12.4. The topological polar surface area (TPSA) is 61.0 Å². The molecule has 0 atom stereocenters. The van der Waals surface area contributed by atoms with E-state index in [2.05, 4.69) is 32.3 Å². The molecule has 5 nitrogen and oxygen atoms in total. The smallest absolute Gasteiger partial charge is 0.253 e. The first-order chi connectivity index (χ1) is 10.1. The summed E-state index contributed by atoms with van der Waals surface area (Å²) in [5.74, 6) is 1.64. The molecular weight excluding hydrogens is 264 g/mol. The number of para-hydroxylation sites is 1. The van der Waals surface area contributed by atoms with Gasteiger partial charge in [0.05, 0.1) is 0 Å². The van der Waals surface area contributed by atoms with Crippen LogP contribution in [0.1, 0.15) is 31.2 Å². The summed E-state index contributed by atoms with van der Waals surface area (Å²) in [6.45, 7) is 6.55. The van der Waals surface area contributed by atoms with Crippen LogP contribution in [0, 0.1) is 0 Å². The zero-order valence-corrected chi connectivity index (χ0v) is 12.4. The van der Waals surface area contributed by atoms with Crippen LogP contribution in [0.3, 0.4) is 0 Å². The molecule has 0 amide bonds. The number of nitrogens with one attached hydrogen (secondary N) is 2. The highest BCUT2D eigenvalue weighted by Gasteiger charge is 2.18. The largest absolute Gasteiger partial charge is 0.325 e. The summed E-state index contributed by atoms with van der Waals surface area (Å²) in [5, 5.41) is 3.40. The van der Waals surface area contributed by atoms with Gasteiger partial charge in [0.1, 0.15) is 11.6 Å². The van der Waals surface area contributed by atoms with Crippen molar-refractivity contribution in [3.63, 3.8) is 0 Å². The molecule has 110 valence electrons. The second-order valence-corrected chi connectivity index (χ2v) is 5.60. The van der Waals surface area contributed by atoms with Crippen molar-refractivity contribution in [2.75, 3.05) is 18.0 Å². The number of anilines is 2. The molecule has 0 saturated carbocycles. The summed E-state index contributed by atoms with van der Waals surface area (Å²) in [7, 11) is 0. The quantitative estimate of drug-likeness (QED) is 0.887. The summed E-state index contributed by atoms with van der Waals surface area (Å²) < 4.78 is 0. The van der Waals surface area contributed by atoms with Crippen molar-refractivity contribution in [3.8, 4) is 0 Å². The Morgan fingerprint density at radius 2 is 2.10 bits per heavy atom. The molecule has 1 aliphatic heterocycles. The van der Waals surface area contributed by atoms with Crippen molar-refractivity contribution < 1.29 is 0 Å². The summed E-state index contributed by atoms with van der Waals surface area (Å²) in [5.41, 5.74) is 2.25. The Hall–Kier alpha value is -2.14. The van der Waals surface area contributed by atoms with Crippen molar-refractivity contribution in [1.82, 2.24) is 15.3 Å². The molecule has 2 aromatic rings. The average molecular weight is 284 g/mol. The molecule has 2 heterocycles. The number of nitrogens with zero attached hydrogens (tertiary/aromatic N) is 2. The highest BCUT2D eigenvalue weighted by molar-refractivity contribution is 5.64. The van der Waals surface area contributed by atoms with Crippen LogP contribution >= 0.6 is 0 Å². The Bertz CT molecular complexity index is 693. The van der Waals surface area contributed by atoms with Crippen LogP contribution in [0.5, 0.6) is 0 Å². The van der Waals surface area contributed by atoms with Gasteiger partial charge in [-0.3, -0.25) is 4.79 Å². The third kappa shape index (κ3) is 2.83. The predicted molar refractivity (Wildman–Crippen MR) is 84.1 cm³/mol. The van der Waals surface area contributed by atoms with Gasteiger partial charge in [0, 0.05) is 37.3 Å². The molecule has 0 radical (unpaired) electrons. The molecule has 1 aromatic carbocycles. The molecule has 0 spiro atoms. The van der Waals surface area contributed by atoms with Gasteiger partial charge in [-0.25, -0.2) is 4.98 Å². The van der Waals surface area contributed by atoms with E-state index in [4.69, 9.17) is 0 Å². The van der Waals surface area contributed by atoms with Crippen molar-refractivity contribution >= 4 is 11.5 Å². The lowest BCUT2D eigenvalue weighted by Crippen LogP contribution is -2.27. The lowest BCUT2D eigenvalue weighted by Gasteiger charge is -2.24. The number of H-pyrrole nitrogens is 1. The number of fused-ring (bicyclic) bond motifs is 1. The van der Waals surface area contributed by atoms with Gasteiger partial charge in [-0.1, -0.05) is 32.0 Å². The second-order valence-electron chi connectivity index (χ2n) is 5.60. The molecule has 1 aliphatic rings. The Kier molecular flexibility index (Phi) is 3.75. The number of benzene rings is 1. The Morgan fingerprint density at radius 3 is 2.90 bits per heavy atom. The van der Waals surface area contributed by atoms with Gasteiger partial charge in [-0.15, -0.1) is 0 Å². The van der Waals surface area contributed by atoms with Crippen molar-refractivity contribution in [2.45, 2.75) is 26.3 Å². The fraction of sp³-hybridized carbons (Fsp3) is 0.375. The predicted octanol–water partition coefficient (Wildman–Crippen LogP) is 2.13. The summed E-state index contributed by atoms with van der Waals surface area (Å²) in [6, 6.07) is 9.83. The Labute approximate surface area is 124 Å². The molecule has 0 bridgehead atoms. The van der Waals surface area contributed by atoms with Crippen LogP contribution in [0.4, 0.5) is 11.5 Å². The molecule has 0 fully saturated rings. The fourth-order valence-electron chi connectivity index (χ4n) is 2.57. The highest BCUT2D eigenvalue weighted by atomic mass is 16.1. The zero-order chi connectivity index (χ0) is 14.8. The minimum Gasteiger partial charge on any atom is -0.325 e. The van der Waals surface area contributed by atoms with E-state index >= 15 is 0 Å². The van der Waals surface area contributed by atoms with Crippen LogP contribution in [-0.2, 0) is 6.54 Å². The fourth-order valence-corrected chi connectivity index (χ4v) is 2.57. The maximum Gasteiger partial charge on any atom is 0.253 e. The summed E-state index contributed by atoms with van der Waals surface area (Å²) in [4.78, 5) is 21.5. The molecule has 5 heteroatoms. The second kappa shape index (κ2) is 5.69. The van der Waals surface area contributed by atoms with Gasteiger partial charge >= 0.3 is 0 Å². The monoisotopic (exact) mass is 284 g/mol. The van der Waals surface area contributed by atoms with Crippen molar-refractivity contribution in [3.05, 3.63) is 52.1 Å². The number of hydrogen-bond donors (Lipinski definition) is 2. The first-order valence-electron chi connectivity index (χ1n) is 7.32. The van der Waals surface area contributed by atoms with E-state index < -0.39 is 0 Å². The van der Waals surface area contributed by atoms with Gasteiger partial charge in [-0.2, -0.15) is 0 Å². The van der Waals surface area contributed by atoms with Gasteiger partial charge in [0.15, 0.2) is 0 Å². The van der Waals surface area contributed by atoms with Crippen LogP contribution in [0.25, 0.3) is 0 Å². The number of rotatable bonds is 2. The van der Waals surface area contributed by atoms with Crippen LogP contribution in [0.15, 0.2) is 35.1 Å². The lowest BCUT2D eigenvalue weighted by atomic mass is 10.1. The maximum atomic E-state index is 11.9. The first kappa shape index (κ1) is 13.8. The molecule has 1 aromatic heterocycles. The van der Waals surface area contributed by atoms with E-state index in [0.29, 0.717) is 0 Å². The Balaban J connectivity index is 2.10. The van der Waals surface area contributed by atoms with Gasteiger partial charge in [0.2, 0.25) is 0 Å². The maximum absolute atomic E-state index is 11.9. The molecule has 3 rings (SSSR count). The number of aromatic nitrogens is 2. The van der Waals surface area contributed by atoms with E-state index in [1.807, 2.05) is 26.0 Å². The van der Waals surface area contributed by atoms with E-state index in [1.54, 1.807) is 6.07 Å². The van der Waals surface area contributed by atoms with E-state index in [9.17, 15) is 4.79 Å². The lowest BCUT2D eigenvalue weighted by molar-refractivity contribution is 0.707. The van der Waals surface area contributed by atoms with Gasteiger partial charge in [0.25, 0.3) is 5.56 Å². The molecule has 0 aliphatic carbocycles. The minimum absolute atomic E-state index is 0.0987. The van der Waals surface area contributed by atoms with Crippen LogP contribution < -0.4 is 15.8 Å². The summed E-state index contributed by atoms with van der Waals surface area (Å²) >= 11 is 0. The Morgan fingerprint density at radius 1 is 1.29 bits per heavy atom. The molecule has 0 saturated heterocycles. The SMILES string of the molecule is CC(C)c1nc(N2CCNCc3ccccc32)cc(=O)[nH]1. The normalized spacial score (nSPS) is 14.9. The number of hydrogen-bond acceptors (Lipinski definition) is 4. The third-order valence-corrected chi connectivity index (χ3v) is 3.68. The highest BCUT2D eigenvalue weighted by Crippen LogP contribution is 2.28. The van der Waals surface area contributed by atoms with Gasteiger partial charge in [-0.05, 0) is 11.6 Å². The standard InChI is InChI=1S/C16H20N4O/c1-11(2)16-18-14(9-15(21)19-16)20-8-7-17-10-12-5-3-4-6-13(12)20/h3-6,9,11,17H,7-8,10H2,1-2H3,(H,18,19,21). The summed E-state index contributed by atoms with van der Waals surface area (Å²) in [6.07, 6.45) is 0. The number of aromatic amines is 1.